The maximum atomic E-state index is 13.2. The smallest absolute Gasteiger partial charge is 0.274 e. The van der Waals surface area contributed by atoms with Crippen LogP contribution in [0.1, 0.15) is 23.3 Å². The van der Waals surface area contributed by atoms with Crippen LogP contribution in [0.2, 0.25) is 0 Å². The summed E-state index contributed by atoms with van der Waals surface area (Å²) in [5, 5.41) is 4.52. The Morgan fingerprint density at radius 3 is 2.68 bits per heavy atom. The molecule has 3 aromatic heterocycles. The van der Waals surface area contributed by atoms with Crippen LogP contribution in [-0.4, -0.2) is 48.1 Å². The third kappa shape index (κ3) is 3.79. The average molecular weight is 412 g/mol. The number of likely N-dealkylation sites (tertiary alicyclic amines) is 1. The first-order valence-electron chi connectivity index (χ1n) is 10.2. The molecule has 0 N–H and O–H groups in total. The molecule has 8 heteroatoms. The van der Waals surface area contributed by atoms with E-state index in [1.807, 2.05) is 36.4 Å². The van der Waals surface area contributed by atoms with Crippen LogP contribution in [0.15, 0.2) is 71.9 Å². The highest BCUT2D eigenvalue weighted by atomic mass is 16.2. The molecule has 1 unspecified atom stereocenters. The Bertz CT molecular complexity index is 1300. The molecule has 1 aliphatic heterocycles. The van der Waals surface area contributed by atoms with Gasteiger partial charge >= 0.3 is 0 Å². The lowest BCUT2D eigenvalue weighted by Crippen LogP contribution is -2.41. The molecular weight excluding hydrogens is 392 g/mol. The van der Waals surface area contributed by atoms with E-state index in [-0.39, 0.29) is 17.5 Å². The minimum Gasteiger partial charge on any atom is -0.332 e. The number of carbonyl (C=O) groups excluding carboxylic acids is 1. The Kier molecular flexibility index (Phi) is 4.95. The van der Waals surface area contributed by atoms with Crippen LogP contribution >= 0.6 is 0 Å². The molecule has 1 aromatic carbocycles. The number of para-hydroxylation sites is 2. The van der Waals surface area contributed by atoms with Gasteiger partial charge in [0.15, 0.2) is 0 Å². The van der Waals surface area contributed by atoms with Crippen molar-refractivity contribution in [3.8, 4) is 11.3 Å². The fraction of sp³-hybridized carbons (Fsp3) is 0.217. The van der Waals surface area contributed by atoms with Crippen LogP contribution in [0, 0.1) is 0 Å². The van der Waals surface area contributed by atoms with Crippen LogP contribution in [0.25, 0.3) is 22.3 Å². The Morgan fingerprint density at radius 1 is 1.03 bits per heavy atom. The number of hydrogen-bond acceptors (Lipinski definition) is 6. The van der Waals surface area contributed by atoms with Crippen molar-refractivity contribution in [1.29, 1.82) is 0 Å². The molecular formula is C23H20N6O2. The number of nitrogens with zero attached hydrogens (tertiary/aromatic N) is 6. The minimum atomic E-state index is -0.192. The van der Waals surface area contributed by atoms with Crippen molar-refractivity contribution in [3.63, 3.8) is 0 Å². The van der Waals surface area contributed by atoms with Gasteiger partial charge < -0.3 is 4.90 Å². The molecule has 1 aliphatic rings. The molecule has 0 saturated carbocycles. The van der Waals surface area contributed by atoms with Crippen molar-refractivity contribution in [1.82, 2.24) is 29.6 Å². The van der Waals surface area contributed by atoms with E-state index in [1.165, 1.54) is 16.9 Å². The summed E-state index contributed by atoms with van der Waals surface area (Å²) < 4.78 is 1.44. The molecule has 1 atom stereocenters. The van der Waals surface area contributed by atoms with Crippen LogP contribution in [0.5, 0.6) is 0 Å². The second kappa shape index (κ2) is 8.06. The highest BCUT2D eigenvalue weighted by Crippen LogP contribution is 2.22. The first kappa shape index (κ1) is 19.0. The van der Waals surface area contributed by atoms with Gasteiger partial charge in [-0.2, -0.15) is 5.10 Å². The Balaban J connectivity index is 1.40. The zero-order valence-corrected chi connectivity index (χ0v) is 16.8. The molecule has 0 bridgehead atoms. The van der Waals surface area contributed by atoms with E-state index in [1.54, 1.807) is 23.4 Å². The van der Waals surface area contributed by atoms with Gasteiger partial charge in [0.1, 0.15) is 5.69 Å². The number of carbonyl (C=O) groups is 1. The molecule has 1 saturated heterocycles. The second-order valence-electron chi connectivity index (χ2n) is 7.51. The van der Waals surface area contributed by atoms with Crippen molar-refractivity contribution < 1.29 is 4.79 Å². The van der Waals surface area contributed by atoms with Crippen LogP contribution in [0.3, 0.4) is 0 Å². The van der Waals surface area contributed by atoms with E-state index in [9.17, 15) is 9.59 Å². The standard InChI is InChI=1S/C23H20N6O2/c30-22-8-7-18(16-9-11-24-12-10-16)27-29(22)15-17-4-3-13-28(17)23(31)21-14-25-19-5-1-2-6-20(19)26-21/h1-2,5-12,14,17H,3-4,13,15H2. The van der Waals surface area contributed by atoms with Crippen molar-refractivity contribution in [3.05, 3.63) is 83.2 Å². The lowest BCUT2D eigenvalue weighted by Gasteiger charge is -2.24. The molecule has 0 spiro atoms. The van der Waals surface area contributed by atoms with Gasteiger partial charge in [-0.25, -0.2) is 9.67 Å². The summed E-state index contributed by atoms with van der Waals surface area (Å²) in [5.74, 6) is -0.168. The summed E-state index contributed by atoms with van der Waals surface area (Å²) in [5.41, 5.74) is 3.14. The van der Waals surface area contributed by atoms with E-state index in [2.05, 4.69) is 20.1 Å². The molecule has 4 heterocycles. The fourth-order valence-corrected chi connectivity index (χ4v) is 3.96. The Labute approximate surface area is 178 Å². The van der Waals surface area contributed by atoms with Crippen molar-refractivity contribution >= 4 is 16.9 Å². The van der Waals surface area contributed by atoms with E-state index >= 15 is 0 Å². The summed E-state index contributed by atoms with van der Waals surface area (Å²) in [7, 11) is 0. The van der Waals surface area contributed by atoms with Gasteiger partial charge in [0.25, 0.3) is 11.5 Å². The fourth-order valence-electron chi connectivity index (χ4n) is 3.96. The maximum absolute atomic E-state index is 13.2. The van der Waals surface area contributed by atoms with Crippen LogP contribution in [-0.2, 0) is 6.54 Å². The van der Waals surface area contributed by atoms with Gasteiger partial charge in [0.05, 0.1) is 35.5 Å². The summed E-state index contributed by atoms with van der Waals surface area (Å²) in [6.07, 6.45) is 6.58. The Morgan fingerprint density at radius 2 is 1.84 bits per heavy atom. The maximum Gasteiger partial charge on any atom is 0.274 e. The van der Waals surface area contributed by atoms with Gasteiger partial charge in [-0.3, -0.25) is 19.6 Å². The molecule has 1 fully saturated rings. The molecule has 154 valence electrons. The van der Waals surface area contributed by atoms with E-state index < -0.39 is 0 Å². The number of fused-ring (bicyclic) bond motifs is 1. The van der Waals surface area contributed by atoms with E-state index in [0.29, 0.717) is 30.0 Å². The third-order valence-electron chi connectivity index (χ3n) is 5.53. The number of amides is 1. The largest absolute Gasteiger partial charge is 0.332 e. The molecule has 5 rings (SSSR count). The number of aromatic nitrogens is 5. The van der Waals surface area contributed by atoms with Gasteiger partial charge in [-0.05, 0) is 43.2 Å². The number of hydrogen-bond donors (Lipinski definition) is 0. The predicted octanol–water partition coefficient (Wildman–Crippen LogP) is 2.55. The molecule has 31 heavy (non-hydrogen) atoms. The number of benzene rings is 1. The quantitative estimate of drug-likeness (QED) is 0.511. The minimum absolute atomic E-state index is 0.126. The number of pyridine rings is 1. The van der Waals surface area contributed by atoms with Gasteiger partial charge in [-0.1, -0.05) is 12.1 Å². The first-order valence-corrected chi connectivity index (χ1v) is 10.2. The zero-order chi connectivity index (χ0) is 21.2. The summed E-state index contributed by atoms with van der Waals surface area (Å²) in [6.45, 7) is 0.960. The van der Waals surface area contributed by atoms with E-state index in [4.69, 9.17) is 0 Å². The number of rotatable bonds is 4. The van der Waals surface area contributed by atoms with Gasteiger partial charge in [0, 0.05) is 30.6 Å². The van der Waals surface area contributed by atoms with Crippen molar-refractivity contribution in [2.75, 3.05) is 6.54 Å². The molecule has 0 aliphatic carbocycles. The lowest BCUT2D eigenvalue weighted by atomic mass is 10.2. The van der Waals surface area contributed by atoms with Crippen molar-refractivity contribution in [2.45, 2.75) is 25.4 Å². The molecule has 4 aromatic rings. The monoisotopic (exact) mass is 412 g/mol. The summed E-state index contributed by atoms with van der Waals surface area (Å²) in [4.78, 5) is 40.3. The van der Waals surface area contributed by atoms with Crippen LogP contribution < -0.4 is 5.56 Å². The second-order valence-corrected chi connectivity index (χ2v) is 7.51. The highest BCUT2D eigenvalue weighted by molar-refractivity contribution is 5.94. The van der Waals surface area contributed by atoms with E-state index in [0.717, 1.165) is 23.9 Å². The first-order chi connectivity index (χ1) is 15.2. The predicted molar refractivity (Wildman–Crippen MR) is 115 cm³/mol. The highest BCUT2D eigenvalue weighted by Gasteiger charge is 2.31. The topological polar surface area (TPSA) is 93.9 Å². The summed E-state index contributed by atoms with van der Waals surface area (Å²) >= 11 is 0. The molecule has 0 radical (unpaired) electrons. The van der Waals surface area contributed by atoms with Crippen molar-refractivity contribution in [2.24, 2.45) is 0 Å². The average Bonchev–Trinajstić information content (AvgIpc) is 3.28. The molecule has 8 nitrogen and oxygen atoms in total. The summed E-state index contributed by atoms with van der Waals surface area (Å²) in [6, 6.07) is 14.3. The third-order valence-corrected chi connectivity index (χ3v) is 5.53. The van der Waals surface area contributed by atoms with Crippen LogP contribution in [0.4, 0.5) is 0 Å². The SMILES string of the molecule is O=C(c1cnc2ccccc2n1)N1CCCC1Cn1nc(-c2ccncc2)ccc1=O. The lowest BCUT2D eigenvalue weighted by molar-refractivity contribution is 0.0714. The van der Waals surface area contributed by atoms with Gasteiger partial charge in [0.2, 0.25) is 0 Å². The zero-order valence-electron chi connectivity index (χ0n) is 16.8. The normalized spacial score (nSPS) is 16.0. The molecule has 1 amide bonds. The van der Waals surface area contributed by atoms with Gasteiger partial charge in [-0.15, -0.1) is 0 Å². The Hall–Kier alpha value is -3.94.